The fourth-order valence-electron chi connectivity index (χ4n) is 2.05. The van der Waals surface area contributed by atoms with Crippen LogP contribution in [0, 0.1) is 0 Å². The molecule has 0 atom stereocenters. The monoisotopic (exact) mass is 284 g/mol. The molecule has 0 amide bonds. The van der Waals surface area contributed by atoms with Gasteiger partial charge in [0.05, 0.1) is 14.2 Å². The number of hydrogen-bond donors (Lipinski definition) is 1. The van der Waals surface area contributed by atoms with Gasteiger partial charge >= 0.3 is 5.97 Å². The lowest BCUT2D eigenvalue weighted by Gasteiger charge is -2.21. The Balaban J connectivity index is 3.09. The Hall–Kier alpha value is -1.78. The van der Waals surface area contributed by atoms with Crippen LogP contribution >= 0.6 is 0 Å². The van der Waals surface area contributed by atoms with E-state index in [1.807, 2.05) is 0 Å². The molecule has 112 valence electrons. The maximum atomic E-state index is 14.2. The molecular weight excluding hydrogens is 263 g/mol. The maximum Gasteiger partial charge on any atom is 0.303 e. The molecule has 0 saturated heterocycles. The molecule has 4 nitrogen and oxygen atoms in total. The van der Waals surface area contributed by atoms with Crippen molar-refractivity contribution in [3.63, 3.8) is 0 Å². The average molecular weight is 284 g/mol. The van der Waals surface area contributed by atoms with Crippen molar-refractivity contribution in [1.29, 1.82) is 0 Å². The van der Waals surface area contributed by atoms with Crippen molar-refractivity contribution in [3.05, 3.63) is 23.3 Å². The highest BCUT2D eigenvalue weighted by atomic mass is 19.1. The van der Waals surface area contributed by atoms with Gasteiger partial charge in [-0.25, -0.2) is 4.39 Å². The summed E-state index contributed by atoms with van der Waals surface area (Å²) in [6, 6.07) is 3.34. The highest BCUT2D eigenvalue weighted by Crippen LogP contribution is 2.38. The van der Waals surface area contributed by atoms with E-state index in [0.29, 0.717) is 29.9 Å². The first kappa shape index (κ1) is 16.3. The summed E-state index contributed by atoms with van der Waals surface area (Å²) in [5, 5.41) is 8.66. The summed E-state index contributed by atoms with van der Waals surface area (Å²) in [7, 11) is 3.00. The van der Waals surface area contributed by atoms with Crippen LogP contribution in [-0.2, 0) is 16.9 Å². The van der Waals surface area contributed by atoms with E-state index in [9.17, 15) is 9.18 Å². The summed E-state index contributed by atoms with van der Waals surface area (Å²) < 4.78 is 24.7. The number of aryl methyl sites for hydroxylation is 1. The molecule has 0 aliphatic carbocycles. The van der Waals surface area contributed by atoms with Gasteiger partial charge in [-0.05, 0) is 44.4 Å². The number of hydrogen-bond acceptors (Lipinski definition) is 3. The molecule has 20 heavy (non-hydrogen) atoms. The third-order valence-corrected chi connectivity index (χ3v) is 3.08. The normalized spacial score (nSPS) is 11.2. The second-order valence-electron chi connectivity index (χ2n) is 5.08. The number of rotatable bonds is 7. The summed E-state index contributed by atoms with van der Waals surface area (Å²) in [6.45, 7) is 2.91. The molecule has 0 fully saturated rings. The number of carboxylic acids is 1. The lowest BCUT2D eigenvalue weighted by Crippen LogP contribution is -2.12. The summed E-state index contributed by atoms with van der Waals surface area (Å²) in [6.07, 6.45) is 1.12. The summed E-state index contributed by atoms with van der Waals surface area (Å²) in [5.74, 6) is 0.165. The van der Waals surface area contributed by atoms with E-state index in [4.69, 9.17) is 14.6 Å². The van der Waals surface area contributed by atoms with Crippen molar-refractivity contribution in [3.8, 4) is 11.5 Å². The number of carbonyl (C=O) groups is 1. The van der Waals surface area contributed by atoms with Crippen molar-refractivity contribution in [2.45, 2.75) is 38.8 Å². The van der Waals surface area contributed by atoms with Crippen molar-refractivity contribution in [1.82, 2.24) is 0 Å². The molecule has 1 N–H and O–H groups in total. The van der Waals surface area contributed by atoms with Crippen molar-refractivity contribution in [2.24, 2.45) is 0 Å². The molecule has 0 unspecified atom stereocenters. The molecule has 0 heterocycles. The van der Waals surface area contributed by atoms with E-state index in [2.05, 4.69) is 0 Å². The van der Waals surface area contributed by atoms with Gasteiger partial charge in [-0.3, -0.25) is 4.79 Å². The molecule has 0 saturated carbocycles. The van der Waals surface area contributed by atoms with Gasteiger partial charge in [-0.2, -0.15) is 0 Å². The highest BCUT2D eigenvalue weighted by molar-refractivity contribution is 5.66. The lowest BCUT2D eigenvalue weighted by molar-refractivity contribution is -0.137. The molecule has 0 spiro atoms. The van der Waals surface area contributed by atoms with Gasteiger partial charge in [0.2, 0.25) is 0 Å². The largest absolute Gasteiger partial charge is 0.496 e. The van der Waals surface area contributed by atoms with Crippen molar-refractivity contribution < 1.29 is 23.8 Å². The van der Waals surface area contributed by atoms with Gasteiger partial charge in [-0.1, -0.05) is 0 Å². The number of halogens is 1. The molecule has 1 aromatic rings. The first-order valence-corrected chi connectivity index (χ1v) is 6.45. The predicted octanol–water partition coefficient (Wildman–Crippen LogP) is 3.32. The fraction of sp³-hybridized carbons (Fsp3) is 0.533. The quantitative estimate of drug-likeness (QED) is 0.834. The zero-order chi connectivity index (χ0) is 15.3. The van der Waals surface area contributed by atoms with E-state index in [0.717, 1.165) is 5.56 Å². The lowest BCUT2D eigenvalue weighted by atomic mass is 9.95. The molecule has 1 rings (SSSR count). The highest BCUT2D eigenvalue weighted by Gasteiger charge is 2.25. The number of methoxy groups -OCH3 is 2. The van der Waals surface area contributed by atoms with Crippen molar-refractivity contribution in [2.75, 3.05) is 14.2 Å². The minimum atomic E-state index is -1.54. The Morgan fingerprint density at radius 1 is 1.25 bits per heavy atom. The standard InChI is InChI=1S/C15H21FO4/c1-15(2,16)11-9-12(19-3)10(8-13(11)20-4)6-5-7-14(17)18/h8-9H,5-7H2,1-4H3,(H,17,18). The molecule has 0 aliphatic rings. The second kappa shape index (κ2) is 6.59. The number of alkyl halides is 1. The van der Waals surface area contributed by atoms with E-state index < -0.39 is 11.6 Å². The smallest absolute Gasteiger partial charge is 0.303 e. The van der Waals surface area contributed by atoms with Crippen LogP contribution in [0.1, 0.15) is 37.8 Å². The Kier molecular flexibility index (Phi) is 5.36. The fourth-order valence-corrected chi connectivity index (χ4v) is 2.05. The molecule has 1 aromatic carbocycles. The number of ether oxygens (including phenoxy) is 2. The Morgan fingerprint density at radius 2 is 1.85 bits per heavy atom. The summed E-state index contributed by atoms with van der Waals surface area (Å²) in [5.41, 5.74) is -0.310. The molecule has 0 aromatic heterocycles. The van der Waals surface area contributed by atoms with E-state index in [1.165, 1.54) is 28.1 Å². The van der Waals surface area contributed by atoms with E-state index in [-0.39, 0.29) is 6.42 Å². The molecular formula is C15H21FO4. The van der Waals surface area contributed by atoms with Gasteiger partial charge in [0.25, 0.3) is 0 Å². The maximum absolute atomic E-state index is 14.2. The van der Waals surface area contributed by atoms with Gasteiger partial charge in [0.15, 0.2) is 0 Å². The molecule has 0 bridgehead atoms. The van der Waals surface area contributed by atoms with Gasteiger partial charge in [0.1, 0.15) is 17.2 Å². The van der Waals surface area contributed by atoms with Crippen LogP contribution in [0.5, 0.6) is 11.5 Å². The second-order valence-corrected chi connectivity index (χ2v) is 5.08. The minimum Gasteiger partial charge on any atom is -0.496 e. The topological polar surface area (TPSA) is 55.8 Å². The van der Waals surface area contributed by atoms with Crippen LogP contribution in [0.25, 0.3) is 0 Å². The molecule has 0 radical (unpaired) electrons. The van der Waals surface area contributed by atoms with Gasteiger partial charge < -0.3 is 14.6 Å². The van der Waals surface area contributed by atoms with Crippen LogP contribution in [0.2, 0.25) is 0 Å². The Labute approximate surface area is 118 Å². The third-order valence-electron chi connectivity index (χ3n) is 3.08. The van der Waals surface area contributed by atoms with E-state index >= 15 is 0 Å². The first-order valence-electron chi connectivity index (χ1n) is 6.45. The number of carboxylic acid groups (broad SMARTS) is 1. The van der Waals surface area contributed by atoms with Crippen molar-refractivity contribution >= 4 is 5.97 Å². The molecule has 5 heteroatoms. The van der Waals surface area contributed by atoms with Crippen LogP contribution in [-0.4, -0.2) is 25.3 Å². The van der Waals surface area contributed by atoms with Crippen LogP contribution in [0.3, 0.4) is 0 Å². The summed E-state index contributed by atoms with van der Waals surface area (Å²) >= 11 is 0. The average Bonchev–Trinajstić information content (AvgIpc) is 2.36. The Bertz CT molecular complexity index is 477. The Morgan fingerprint density at radius 3 is 2.30 bits per heavy atom. The van der Waals surface area contributed by atoms with Crippen LogP contribution in [0.4, 0.5) is 4.39 Å². The number of aliphatic carboxylic acids is 1. The zero-order valence-corrected chi connectivity index (χ0v) is 12.3. The predicted molar refractivity (Wildman–Crippen MR) is 74.3 cm³/mol. The van der Waals surface area contributed by atoms with Crippen LogP contribution in [0.15, 0.2) is 12.1 Å². The van der Waals surface area contributed by atoms with Crippen LogP contribution < -0.4 is 9.47 Å². The third kappa shape index (κ3) is 4.11. The number of benzene rings is 1. The van der Waals surface area contributed by atoms with Gasteiger partial charge in [0, 0.05) is 12.0 Å². The van der Waals surface area contributed by atoms with E-state index in [1.54, 1.807) is 12.1 Å². The molecule has 0 aliphatic heterocycles. The minimum absolute atomic E-state index is 0.0851. The first-order chi connectivity index (χ1) is 9.29. The SMILES string of the molecule is COc1cc(C(C)(C)F)c(OC)cc1CCCC(=O)O. The zero-order valence-electron chi connectivity index (χ0n) is 12.3. The summed E-state index contributed by atoms with van der Waals surface area (Å²) in [4.78, 5) is 10.5. The van der Waals surface area contributed by atoms with Gasteiger partial charge in [-0.15, -0.1) is 0 Å².